The van der Waals surface area contributed by atoms with Gasteiger partial charge >= 0.3 is 0 Å². The van der Waals surface area contributed by atoms with Gasteiger partial charge in [0.2, 0.25) is 5.95 Å². The van der Waals surface area contributed by atoms with Crippen molar-refractivity contribution in [3.8, 4) is 5.69 Å². The molecule has 3 heteroatoms. The Morgan fingerprint density at radius 1 is 1.24 bits per heavy atom. The van der Waals surface area contributed by atoms with Crippen molar-refractivity contribution < 1.29 is 0 Å². The van der Waals surface area contributed by atoms with E-state index in [0.717, 1.165) is 18.2 Å². The number of nitrogens with one attached hydrogen (secondary N) is 1. The van der Waals surface area contributed by atoms with Gasteiger partial charge in [-0.15, -0.1) is 0 Å². The summed E-state index contributed by atoms with van der Waals surface area (Å²) in [5.74, 6) is 1.51. The van der Waals surface area contributed by atoms with Gasteiger partial charge in [-0.2, -0.15) is 0 Å². The van der Waals surface area contributed by atoms with E-state index in [1.54, 1.807) is 0 Å². The lowest BCUT2D eigenvalue weighted by Gasteiger charge is -2.11. The fraction of sp³-hybridized carbons (Fsp3) is 0.357. The molecule has 17 heavy (non-hydrogen) atoms. The summed E-state index contributed by atoms with van der Waals surface area (Å²) in [7, 11) is 0. The number of aromatic nitrogens is 2. The number of benzene rings is 1. The van der Waals surface area contributed by atoms with E-state index in [9.17, 15) is 0 Å². The van der Waals surface area contributed by atoms with E-state index in [-0.39, 0.29) is 0 Å². The van der Waals surface area contributed by atoms with E-state index >= 15 is 0 Å². The number of anilines is 1. The first kappa shape index (κ1) is 11.7. The fourth-order valence-electron chi connectivity index (χ4n) is 1.64. The third kappa shape index (κ3) is 2.87. The summed E-state index contributed by atoms with van der Waals surface area (Å²) in [6, 6.07) is 8.44. The number of imidazole rings is 1. The van der Waals surface area contributed by atoms with Crippen LogP contribution in [0.5, 0.6) is 0 Å². The Bertz CT molecular complexity index is 468. The van der Waals surface area contributed by atoms with Crippen LogP contribution in [0.3, 0.4) is 0 Å². The minimum atomic E-state index is 0.609. The zero-order chi connectivity index (χ0) is 12.3. The largest absolute Gasteiger partial charge is 0.355 e. The van der Waals surface area contributed by atoms with Gasteiger partial charge in [-0.25, -0.2) is 4.98 Å². The fourth-order valence-corrected chi connectivity index (χ4v) is 1.64. The van der Waals surface area contributed by atoms with Gasteiger partial charge in [-0.05, 0) is 25.0 Å². The van der Waals surface area contributed by atoms with E-state index in [4.69, 9.17) is 0 Å². The molecule has 2 rings (SSSR count). The summed E-state index contributed by atoms with van der Waals surface area (Å²) >= 11 is 0. The van der Waals surface area contributed by atoms with E-state index in [0.29, 0.717) is 5.92 Å². The second-order valence-corrected chi connectivity index (χ2v) is 4.73. The average molecular weight is 229 g/mol. The highest BCUT2D eigenvalue weighted by Crippen LogP contribution is 2.15. The minimum Gasteiger partial charge on any atom is -0.355 e. The number of hydrogen-bond donors (Lipinski definition) is 1. The van der Waals surface area contributed by atoms with E-state index in [1.165, 1.54) is 5.56 Å². The van der Waals surface area contributed by atoms with E-state index in [2.05, 4.69) is 59.9 Å². The third-order valence-corrected chi connectivity index (χ3v) is 2.62. The van der Waals surface area contributed by atoms with Crippen molar-refractivity contribution in [1.29, 1.82) is 0 Å². The van der Waals surface area contributed by atoms with Gasteiger partial charge in [0.1, 0.15) is 0 Å². The molecular formula is C14H19N3. The maximum absolute atomic E-state index is 4.34. The van der Waals surface area contributed by atoms with Crippen molar-refractivity contribution in [1.82, 2.24) is 9.55 Å². The van der Waals surface area contributed by atoms with Crippen LogP contribution in [-0.2, 0) is 0 Å². The molecule has 0 amide bonds. The molecule has 0 bridgehead atoms. The highest BCUT2D eigenvalue weighted by molar-refractivity contribution is 5.42. The molecule has 3 nitrogen and oxygen atoms in total. The molecule has 90 valence electrons. The molecule has 0 saturated carbocycles. The molecule has 1 aromatic carbocycles. The van der Waals surface area contributed by atoms with Crippen LogP contribution >= 0.6 is 0 Å². The summed E-state index contributed by atoms with van der Waals surface area (Å²) in [6.07, 6.45) is 3.80. The molecule has 0 unspecified atom stereocenters. The van der Waals surface area contributed by atoms with Gasteiger partial charge in [-0.3, -0.25) is 4.57 Å². The summed E-state index contributed by atoms with van der Waals surface area (Å²) in [6.45, 7) is 7.40. The SMILES string of the molecule is Cc1ccc(-n2ccnc2NCC(C)C)cc1. The summed E-state index contributed by atoms with van der Waals surface area (Å²) < 4.78 is 2.07. The van der Waals surface area contributed by atoms with Crippen LogP contribution in [0.4, 0.5) is 5.95 Å². The van der Waals surface area contributed by atoms with Crippen molar-refractivity contribution >= 4 is 5.95 Å². The number of hydrogen-bond acceptors (Lipinski definition) is 2. The number of rotatable bonds is 4. The Hall–Kier alpha value is -1.77. The van der Waals surface area contributed by atoms with Crippen LogP contribution in [0.1, 0.15) is 19.4 Å². The van der Waals surface area contributed by atoms with Crippen LogP contribution in [0.15, 0.2) is 36.7 Å². The summed E-state index contributed by atoms with van der Waals surface area (Å²) in [4.78, 5) is 4.34. The maximum atomic E-state index is 4.34. The normalized spacial score (nSPS) is 10.8. The molecule has 0 aliphatic rings. The van der Waals surface area contributed by atoms with Crippen LogP contribution in [0, 0.1) is 12.8 Å². The molecule has 0 saturated heterocycles. The van der Waals surface area contributed by atoms with Crippen molar-refractivity contribution in [3.63, 3.8) is 0 Å². The smallest absolute Gasteiger partial charge is 0.207 e. The van der Waals surface area contributed by atoms with Crippen molar-refractivity contribution in [2.24, 2.45) is 5.92 Å². The van der Waals surface area contributed by atoms with Gasteiger partial charge < -0.3 is 5.32 Å². The molecular weight excluding hydrogens is 210 g/mol. The molecule has 2 aromatic rings. The van der Waals surface area contributed by atoms with Gasteiger partial charge in [-0.1, -0.05) is 31.5 Å². The molecule has 1 N–H and O–H groups in total. The summed E-state index contributed by atoms with van der Waals surface area (Å²) in [5.41, 5.74) is 2.41. The lowest BCUT2D eigenvalue weighted by molar-refractivity contribution is 0.683. The molecule has 1 heterocycles. The monoisotopic (exact) mass is 229 g/mol. The third-order valence-electron chi connectivity index (χ3n) is 2.62. The highest BCUT2D eigenvalue weighted by Gasteiger charge is 2.04. The van der Waals surface area contributed by atoms with Gasteiger partial charge in [0.05, 0.1) is 0 Å². The first-order valence-corrected chi connectivity index (χ1v) is 6.01. The Labute approximate surface area is 103 Å². The van der Waals surface area contributed by atoms with Crippen LogP contribution in [-0.4, -0.2) is 16.1 Å². The number of nitrogens with zero attached hydrogens (tertiary/aromatic N) is 2. The van der Waals surface area contributed by atoms with Crippen molar-refractivity contribution in [2.45, 2.75) is 20.8 Å². The zero-order valence-electron chi connectivity index (χ0n) is 10.6. The van der Waals surface area contributed by atoms with Crippen molar-refractivity contribution in [2.75, 3.05) is 11.9 Å². The Morgan fingerprint density at radius 2 is 1.94 bits per heavy atom. The maximum Gasteiger partial charge on any atom is 0.207 e. The van der Waals surface area contributed by atoms with Crippen molar-refractivity contribution in [3.05, 3.63) is 42.2 Å². The van der Waals surface area contributed by atoms with Crippen LogP contribution in [0.2, 0.25) is 0 Å². The highest BCUT2D eigenvalue weighted by atomic mass is 15.2. The molecule has 0 aliphatic carbocycles. The minimum absolute atomic E-state index is 0.609. The predicted octanol–water partition coefficient (Wildman–Crippen LogP) is 3.25. The van der Waals surface area contributed by atoms with Gasteiger partial charge in [0, 0.05) is 24.6 Å². The average Bonchev–Trinajstić information content (AvgIpc) is 2.75. The van der Waals surface area contributed by atoms with Crippen LogP contribution < -0.4 is 5.32 Å². The molecule has 0 radical (unpaired) electrons. The lowest BCUT2D eigenvalue weighted by Crippen LogP contribution is -2.11. The topological polar surface area (TPSA) is 29.9 Å². The molecule has 0 fully saturated rings. The Balaban J connectivity index is 2.21. The summed E-state index contributed by atoms with van der Waals surface area (Å²) in [5, 5.41) is 3.36. The molecule has 0 atom stereocenters. The number of aryl methyl sites for hydroxylation is 1. The molecule has 0 aliphatic heterocycles. The first-order valence-electron chi connectivity index (χ1n) is 6.01. The van der Waals surface area contributed by atoms with E-state index < -0.39 is 0 Å². The van der Waals surface area contributed by atoms with Crippen LogP contribution in [0.25, 0.3) is 5.69 Å². The second kappa shape index (κ2) is 5.04. The first-order chi connectivity index (χ1) is 8.16. The Kier molecular flexibility index (Phi) is 3.47. The van der Waals surface area contributed by atoms with E-state index in [1.807, 2.05) is 12.4 Å². The standard InChI is InChI=1S/C14H19N3/c1-11(2)10-16-14-15-8-9-17(14)13-6-4-12(3)5-7-13/h4-9,11H,10H2,1-3H3,(H,15,16). The van der Waals surface area contributed by atoms with Gasteiger partial charge in [0.15, 0.2) is 0 Å². The lowest BCUT2D eigenvalue weighted by atomic mass is 10.2. The Morgan fingerprint density at radius 3 is 2.59 bits per heavy atom. The quantitative estimate of drug-likeness (QED) is 0.872. The second-order valence-electron chi connectivity index (χ2n) is 4.73. The van der Waals surface area contributed by atoms with Gasteiger partial charge in [0.25, 0.3) is 0 Å². The zero-order valence-corrected chi connectivity index (χ0v) is 10.6. The molecule has 1 aromatic heterocycles. The molecule has 0 spiro atoms. The predicted molar refractivity (Wildman–Crippen MR) is 71.6 cm³/mol.